The molecule has 0 saturated carbocycles. The van der Waals surface area contributed by atoms with Crippen LogP contribution in [0.5, 0.6) is 5.75 Å². The largest absolute Gasteiger partial charge is 0.496 e. The quantitative estimate of drug-likeness (QED) is 0.395. The number of likely N-dealkylation sites (N-methyl/N-ethyl adjacent to an activating group) is 1. The number of carbonyl (C=O) groups excluding carboxylic acids is 2. The Kier molecular flexibility index (Phi) is 11.4. The topological polar surface area (TPSA) is 109 Å². The van der Waals surface area contributed by atoms with Crippen LogP contribution < -0.4 is 4.74 Å². The van der Waals surface area contributed by atoms with Crippen LogP contribution in [0.1, 0.15) is 53.7 Å². The monoisotopic (exact) mass is 496 g/mol. The molecule has 1 atom stereocenters. The Hall–Kier alpha value is -3.41. The minimum Gasteiger partial charge on any atom is -0.496 e. The van der Waals surface area contributed by atoms with Gasteiger partial charge in [-0.05, 0) is 82.1 Å². The van der Waals surface area contributed by atoms with Crippen molar-refractivity contribution >= 4 is 11.9 Å². The summed E-state index contributed by atoms with van der Waals surface area (Å²) < 4.78 is 15.6. The van der Waals surface area contributed by atoms with Crippen LogP contribution in [-0.2, 0) is 32.7 Å². The Morgan fingerprint density at radius 2 is 1.75 bits per heavy atom. The van der Waals surface area contributed by atoms with Gasteiger partial charge in [-0.25, -0.2) is 9.59 Å². The Morgan fingerprint density at radius 1 is 1.06 bits per heavy atom. The van der Waals surface area contributed by atoms with E-state index in [1.54, 1.807) is 44.2 Å². The molecule has 0 saturated heterocycles. The van der Waals surface area contributed by atoms with E-state index < -0.39 is 11.4 Å². The zero-order valence-electron chi connectivity index (χ0n) is 21.6. The van der Waals surface area contributed by atoms with E-state index in [9.17, 15) is 20.0 Å². The maximum atomic E-state index is 13.0. The van der Waals surface area contributed by atoms with Gasteiger partial charge in [0.2, 0.25) is 0 Å². The zero-order valence-corrected chi connectivity index (χ0v) is 21.6. The van der Waals surface area contributed by atoms with Crippen molar-refractivity contribution in [1.29, 1.82) is 5.26 Å². The summed E-state index contributed by atoms with van der Waals surface area (Å²) in [6.45, 7) is 5.17. The summed E-state index contributed by atoms with van der Waals surface area (Å²) >= 11 is 0. The molecule has 0 fully saturated rings. The van der Waals surface area contributed by atoms with Crippen molar-refractivity contribution in [2.24, 2.45) is 0 Å². The number of esters is 2. The molecule has 0 aliphatic carbocycles. The van der Waals surface area contributed by atoms with Crippen molar-refractivity contribution in [2.45, 2.75) is 45.1 Å². The average molecular weight is 497 g/mol. The molecule has 0 aliphatic rings. The fraction of sp³-hybridized carbons (Fsp3) is 0.464. The molecule has 2 aromatic carbocycles. The van der Waals surface area contributed by atoms with Gasteiger partial charge in [0.05, 0.1) is 38.6 Å². The summed E-state index contributed by atoms with van der Waals surface area (Å²) in [4.78, 5) is 26.9. The third-order valence-electron chi connectivity index (χ3n) is 6.10. The number of nitriles is 1. The summed E-state index contributed by atoms with van der Waals surface area (Å²) in [5.41, 5.74) is 1.14. The van der Waals surface area contributed by atoms with Crippen LogP contribution in [0.3, 0.4) is 0 Å². The number of aliphatic hydroxyl groups is 1. The maximum absolute atomic E-state index is 13.0. The van der Waals surface area contributed by atoms with Gasteiger partial charge in [0.25, 0.3) is 0 Å². The molecule has 194 valence electrons. The van der Waals surface area contributed by atoms with Gasteiger partial charge >= 0.3 is 11.9 Å². The second kappa shape index (κ2) is 14.2. The molecule has 0 heterocycles. The van der Waals surface area contributed by atoms with Crippen LogP contribution in [0.25, 0.3) is 0 Å². The number of methoxy groups -OCH3 is 1. The van der Waals surface area contributed by atoms with Crippen molar-refractivity contribution in [1.82, 2.24) is 4.90 Å². The summed E-state index contributed by atoms with van der Waals surface area (Å²) in [6.07, 6.45) is 1.66. The number of nitrogens with zero attached hydrogens (tertiary/aromatic N) is 2. The molecule has 1 N–H and O–H groups in total. The highest BCUT2D eigenvalue weighted by Crippen LogP contribution is 2.34. The smallest absolute Gasteiger partial charge is 0.338 e. The Balaban J connectivity index is 2.04. The van der Waals surface area contributed by atoms with Crippen LogP contribution in [0.15, 0.2) is 42.5 Å². The van der Waals surface area contributed by atoms with Crippen LogP contribution in [0.2, 0.25) is 0 Å². The molecular weight excluding hydrogens is 460 g/mol. The van der Waals surface area contributed by atoms with Gasteiger partial charge in [0.15, 0.2) is 5.41 Å². The second-order valence-corrected chi connectivity index (χ2v) is 8.50. The molecule has 0 aromatic heterocycles. The van der Waals surface area contributed by atoms with Crippen molar-refractivity contribution in [3.63, 3.8) is 0 Å². The predicted molar refractivity (Wildman–Crippen MR) is 136 cm³/mol. The molecule has 0 amide bonds. The Bertz CT molecular complexity index is 1050. The molecule has 2 rings (SSSR count). The van der Waals surface area contributed by atoms with Crippen LogP contribution in [-0.4, -0.2) is 62.4 Å². The first-order valence-corrected chi connectivity index (χ1v) is 12.2. The highest BCUT2D eigenvalue weighted by atomic mass is 16.5. The lowest BCUT2D eigenvalue weighted by molar-refractivity contribution is -0.148. The molecular formula is C28H36N2O6. The van der Waals surface area contributed by atoms with E-state index in [1.165, 1.54) is 7.11 Å². The second-order valence-electron chi connectivity index (χ2n) is 8.50. The molecule has 0 aliphatic heterocycles. The van der Waals surface area contributed by atoms with E-state index in [-0.39, 0.29) is 25.6 Å². The van der Waals surface area contributed by atoms with Gasteiger partial charge < -0.3 is 24.2 Å². The van der Waals surface area contributed by atoms with Crippen molar-refractivity contribution in [3.8, 4) is 11.8 Å². The first-order chi connectivity index (χ1) is 17.3. The van der Waals surface area contributed by atoms with E-state index in [0.29, 0.717) is 42.0 Å². The Labute approximate surface area is 213 Å². The Morgan fingerprint density at radius 3 is 2.33 bits per heavy atom. The van der Waals surface area contributed by atoms with Crippen LogP contribution >= 0.6 is 0 Å². The van der Waals surface area contributed by atoms with Gasteiger partial charge in [-0.1, -0.05) is 18.2 Å². The van der Waals surface area contributed by atoms with Crippen molar-refractivity contribution in [2.75, 3.05) is 40.5 Å². The fourth-order valence-corrected chi connectivity index (χ4v) is 4.02. The summed E-state index contributed by atoms with van der Waals surface area (Å²) in [7, 11) is 3.49. The standard InChI is InChI=1S/C28H36N2O6/c1-5-35-26(32)22-10-8-21(9-11-22)14-17-30(3)16-7-15-28(20-29,27(33)36-6-2)24-12-13-25(34-4)23(18-24)19-31/h8-13,18,31H,5-7,14-17,19H2,1-4H3. The maximum Gasteiger partial charge on any atom is 0.338 e. The third kappa shape index (κ3) is 7.30. The van der Waals surface area contributed by atoms with E-state index in [2.05, 4.69) is 11.0 Å². The minimum atomic E-state index is -1.48. The molecule has 0 radical (unpaired) electrons. The number of carbonyl (C=O) groups is 2. The first-order valence-electron chi connectivity index (χ1n) is 12.2. The van der Waals surface area contributed by atoms with Crippen molar-refractivity contribution in [3.05, 3.63) is 64.7 Å². The van der Waals surface area contributed by atoms with Crippen LogP contribution in [0.4, 0.5) is 0 Å². The number of hydrogen-bond acceptors (Lipinski definition) is 8. The SMILES string of the molecule is CCOC(=O)c1ccc(CCN(C)CCCC(C#N)(C(=O)OCC)c2ccc(OC)c(CO)c2)cc1. The van der Waals surface area contributed by atoms with Gasteiger partial charge in [-0.3, -0.25) is 0 Å². The highest BCUT2D eigenvalue weighted by molar-refractivity contribution is 5.89. The van der Waals surface area contributed by atoms with Crippen LogP contribution in [0, 0.1) is 11.3 Å². The van der Waals surface area contributed by atoms with E-state index in [0.717, 1.165) is 18.5 Å². The number of ether oxygens (including phenoxy) is 3. The summed E-state index contributed by atoms with van der Waals surface area (Å²) in [6, 6.07) is 14.6. The van der Waals surface area contributed by atoms with E-state index in [1.807, 2.05) is 19.2 Å². The molecule has 2 aromatic rings. The van der Waals surface area contributed by atoms with Crippen molar-refractivity contribution < 1.29 is 28.9 Å². The molecule has 0 bridgehead atoms. The number of aliphatic hydroxyl groups excluding tert-OH is 1. The predicted octanol–water partition coefficient (Wildman–Crippen LogP) is 3.64. The number of rotatable bonds is 14. The average Bonchev–Trinajstić information content (AvgIpc) is 2.90. The molecule has 1 unspecified atom stereocenters. The van der Waals surface area contributed by atoms with Gasteiger partial charge in [0.1, 0.15) is 5.75 Å². The number of hydrogen-bond donors (Lipinski definition) is 1. The highest BCUT2D eigenvalue weighted by Gasteiger charge is 2.42. The van der Waals surface area contributed by atoms with Gasteiger partial charge in [-0.2, -0.15) is 5.26 Å². The number of benzene rings is 2. The van der Waals surface area contributed by atoms with E-state index in [4.69, 9.17) is 14.2 Å². The third-order valence-corrected chi connectivity index (χ3v) is 6.10. The van der Waals surface area contributed by atoms with Gasteiger partial charge in [0, 0.05) is 12.1 Å². The fourth-order valence-electron chi connectivity index (χ4n) is 4.02. The molecule has 0 spiro atoms. The summed E-state index contributed by atoms with van der Waals surface area (Å²) in [5.74, 6) is -0.426. The van der Waals surface area contributed by atoms with E-state index >= 15 is 0 Å². The molecule has 36 heavy (non-hydrogen) atoms. The summed E-state index contributed by atoms with van der Waals surface area (Å²) in [5, 5.41) is 19.9. The lowest BCUT2D eigenvalue weighted by Gasteiger charge is -2.27. The zero-order chi connectivity index (χ0) is 26.6. The first kappa shape index (κ1) is 28.8. The molecule has 8 nitrogen and oxygen atoms in total. The molecule has 8 heteroatoms. The minimum absolute atomic E-state index is 0.167. The lowest BCUT2D eigenvalue weighted by Crippen LogP contribution is -2.37. The van der Waals surface area contributed by atoms with Gasteiger partial charge in [-0.15, -0.1) is 0 Å². The lowest BCUT2D eigenvalue weighted by atomic mass is 9.77. The normalized spacial score (nSPS) is 12.5.